The van der Waals surface area contributed by atoms with E-state index < -0.39 is 54.3 Å². The molecule has 13 heteroatoms. The number of likely N-dealkylation sites (N-methyl/N-ethyl adjacent to an activating group) is 1. The Morgan fingerprint density at radius 1 is 1.06 bits per heavy atom. The van der Waals surface area contributed by atoms with E-state index in [9.17, 15) is 29.4 Å². The highest BCUT2D eigenvalue weighted by atomic mass is 16.5. The number of amides is 4. The first kappa shape index (κ1) is 41.3. The number of benzene rings is 1. The van der Waals surface area contributed by atoms with Crippen LogP contribution in [0.2, 0.25) is 0 Å². The Balaban J connectivity index is 1.73. The quantitative estimate of drug-likeness (QED) is 0.142. The number of nitrogens with zero attached hydrogens (tertiary/aromatic N) is 2. The van der Waals surface area contributed by atoms with E-state index in [1.807, 2.05) is 58.0 Å². The number of β-amino-alcohol motifs (C(OH)–C–C–N with tert-alkyl or cyclic N) is 1. The van der Waals surface area contributed by atoms with Crippen molar-refractivity contribution in [1.29, 1.82) is 0 Å². The van der Waals surface area contributed by atoms with Gasteiger partial charge in [0.1, 0.15) is 12.1 Å². The van der Waals surface area contributed by atoms with Gasteiger partial charge >= 0.3 is 0 Å². The van der Waals surface area contributed by atoms with Crippen molar-refractivity contribution in [1.82, 2.24) is 25.8 Å². The number of aliphatic hydroxyl groups is 2. The van der Waals surface area contributed by atoms with Crippen molar-refractivity contribution in [3.05, 3.63) is 35.9 Å². The average Bonchev–Trinajstić information content (AvgIpc) is 3.58. The molecule has 0 aromatic heterocycles. The first-order valence-electron chi connectivity index (χ1n) is 18.1. The van der Waals surface area contributed by atoms with Crippen LogP contribution in [0.5, 0.6) is 0 Å². The zero-order chi connectivity index (χ0) is 37.1. The lowest BCUT2D eigenvalue weighted by Gasteiger charge is -2.41. The maximum atomic E-state index is 14.1. The Hall–Kier alpha value is -3.10. The van der Waals surface area contributed by atoms with E-state index in [0.29, 0.717) is 25.9 Å². The highest BCUT2D eigenvalue weighted by Gasteiger charge is 2.43. The van der Waals surface area contributed by atoms with Gasteiger partial charge < -0.3 is 45.4 Å². The van der Waals surface area contributed by atoms with Gasteiger partial charge in [-0.15, -0.1) is 0 Å². The minimum Gasteiger partial charge on any atom is -0.394 e. The molecule has 282 valence electrons. The molecule has 2 unspecified atom stereocenters. The SMILES string of the molecule is CC[C@H](C)[C@@H]([C@@H](CC(=O)N1CCC[C@H]1[C@H](OC)[C@@H](C)C(=O)N[C@H](CO)Cc1ccccc1)OC)N(C)C(=O)[C@@H](NC(=O)C1NCC1O)C(C)C. The second-order valence-corrected chi connectivity index (χ2v) is 14.4. The third-order valence-electron chi connectivity index (χ3n) is 10.6. The minimum atomic E-state index is -0.835. The van der Waals surface area contributed by atoms with E-state index in [2.05, 4.69) is 16.0 Å². The second-order valence-electron chi connectivity index (χ2n) is 14.4. The summed E-state index contributed by atoms with van der Waals surface area (Å²) in [6, 6.07) is 6.77. The molecule has 2 heterocycles. The number of rotatable bonds is 19. The van der Waals surface area contributed by atoms with Gasteiger partial charge in [0, 0.05) is 34.4 Å². The second kappa shape index (κ2) is 19.5. The fourth-order valence-corrected chi connectivity index (χ4v) is 7.28. The standard InChI is InChI=1S/C37H61N5O8/c1-9-23(4)33(41(6)37(48)31(22(2)3)40-36(47)32-28(44)20-38-32)29(49-7)19-30(45)42-17-13-16-27(42)34(50-8)24(5)35(46)39-26(21-43)18-25-14-11-10-12-15-25/h10-12,14-15,22-24,26-29,31-34,38,43-44H,9,13,16-21H2,1-8H3,(H,39,46)(H,40,47)/t23-,24+,26-,27-,28?,29+,31-,32?,33-,34+/m0/s1. The molecule has 3 rings (SSSR count). The molecule has 5 N–H and O–H groups in total. The zero-order valence-corrected chi connectivity index (χ0v) is 31.1. The molecule has 4 amide bonds. The topological polar surface area (TPSA) is 170 Å². The van der Waals surface area contributed by atoms with Crippen molar-refractivity contribution in [3.8, 4) is 0 Å². The Morgan fingerprint density at radius 3 is 2.26 bits per heavy atom. The van der Waals surface area contributed by atoms with E-state index in [1.165, 1.54) is 7.11 Å². The van der Waals surface area contributed by atoms with Crippen molar-refractivity contribution in [3.63, 3.8) is 0 Å². The molecular formula is C37H61N5O8. The molecule has 0 aliphatic carbocycles. The summed E-state index contributed by atoms with van der Waals surface area (Å²) in [6.07, 6.45) is 0.620. The number of carbonyl (C=O) groups excluding carboxylic acids is 4. The van der Waals surface area contributed by atoms with E-state index >= 15 is 0 Å². The Labute approximate surface area is 297 Å². The number of aliphatic hydroxyl groups excluding tert-OH is 2. The average molecular weight is 704 g/mol. The summed E-state index contributed by atoms with van der Waals surface area (Å²) in [5.41, 5.74) is 1.00. The molecule has 1 aromatic rings. The summed E-state index contributed by atoms with van der Waals surface area (Å²) in [6.45, 7) is 10.1. The van der Waals surface area contributed by atoms with E-state index in [0.717, 1.165) is 18.4 Å². The van der Waals surface area contributed by atoms with Crippen LogP contribution in [0, 0.1) is 17.8 Å². The number of hydrogen-bond acceptors (Lipinski definition) is 9. The first-order valence-corrected chi connectivity index (χ1v) is 18.1. The zero-order valence-electron chi connectivity index (χ0n) is 31.1. The molecular weight excluding hydrogens is 642 g/mol. The smallest absolute Gasteiger partial charge is 0.245 e. The minimum absolute atomic E-state index is 0.0111. The van der Waals surface area contributed by atoms with Crippen LogP contribution < -0.4 is 16.0 Å². The number of hydrogen-bond donors (Lipinski definition) is 5. The number of methoxy groups -OCH3 is 2. The van der Waals surface area contributed by atoms with Crippen LogP contribution in [0.25, 0.3) is 0 Å². The summed E-state index contributed by atoms with van der Waals surface area (Å²) in [7, 11) is 4.77. The predicted molar refractivity (Wildman–Crippen MR) is 190 cm³/mol. The molecule has 2 fully saturated rings. The third kappa shape index (κ3) is 10.2. The van der Waals surface area contributed by atoms with Gasteiger partial charge in [0.15, 0.2) is 0 Å². The van der Waals surface area contributed by atoms with Gasteiger partial charge in [0.05, 0.1) is 55.4 Å². The summed E-state index contributed by atoms with van der Waals surface area (Å²) >= 11 is 0. The Bertz CT molecular complexity index is 1250. The van der Waals surface area contributed by atoms with Crippen LogP contribution in [0.1, 0.15) is 65.9 Å². The molecule has 0 saturated carbocycles. The molecule has 50 heavy (non-hydrogen) atoms. The fourth-order valence-electron chi connectivity index (χ4n) is 7.28. The number of likely N-dealkylation sites (tertiary alicyclic amines) is 1. The van der Waals surface area contributed by atoms with Gasteiger partial charge in [-0.3, -0.25) is 19.2 Å². The highest BCUT2D eigenvalue weighted by molar-refractivity contribution is 5.91. The van der Waals surface area contributed by atoms with Gasteiger partial charge in [-0.2, -0.15) is 0 Å². The van der Waals surface area contributed by atoms with Crippen molar-refractivity contribution in [2.24, 2.45) is 17.8 Å². The lowest BCUT2D eigenvalue weighted by atomic mass is 9.89. The molecule has 1 aromatic carbocycles. The Morgan fingerprint density at radius 2 is 1.74 bits per heavy atom. The van der Waals surface area contributed by atoms with E-state index in [1.54, 1.807) is 30.9 Å². The Kier molecular flexibility index (Phi) is 16.1. The maximum absolute atomic E-state index is 14.1. The summed E-state index contributed by atoms with van der Waals surface area (Å²) in [4.78, 5) is 57.7. The summed E-state index contributed by atoms with van der Waals surface area (Å²) in [5.74, 6) is -2.01. The number of carbonyl (C=O) groups is 4. The molecule has 0 bridgehead atoms. The van der Waals surface area contributed by atoms with Crippen LogP contribution in [0.4, 0.5) is 0 Å². The van der Waals surface area contributed by atoms with Crippen LogP contribution in [0.15, 0.2) is 30.3 Å². The monoisotopic (exact) mass is 703 g/mol. The first-order chi connectivity index (χ1) is 23.8. The molecule has 13 nitrogen and oxygen atoms in total. The van der Waals surface area contributed by atoms with Gasteiger partial charge in [0.2, 0.25) is 23.6 Å². The van der Waals surface area contributed by atoms with Crippen molar-refractivity contribution in [2.45, 2.75) is 115 Å². The molecule has 2 aliphatic heterocycles. The maximum Gasteiger partial charge on any atom is 0.245 e. The van der Waals surface area contributed by atoms with E-state index in [-0.39, 0.29) is 48.6 Å². The third-order valence-corrected chi connectivity index (χ3v) is 10.6. The molecule has 10 atom stereocenters. The van der Waals surface area contributed by atoms with Crippen LogP contribution in [-0.4, -0.2) is 133 Å². The molecule has 2 saturated heterocycles. The largest absolute Gasteiger partial charge is 0.394 e. The molecule has 0 radical (unpaired) electrons. The van der Waals surface area contributed by atoms with Gasteiger partial charge in [-0.25, -0.2) is 0 Å². The van der Waals surface area contributed by atoms with Gasteiger partial charge in [0.25, 0.3) is 0 Å². The normalized spacial score (nSPS) is 23.2. The highest BCUT2D eigenvalue weighted by Crippen LogP contribution is 2.29. The molecule has 2 aliphatic rings. The lowest BCUT2D eigenvalue weighted by Crippen LogP contribution is -2.66. The van der Waals surface area contributed by atoms with Crippen LogP contribution in [-0.2, 0) is 35.1 Å². The van der Waals surface area contributed by atoms with Crippen molar-refractivity contribution in [2.75, 3.05) is 41.0 Å². The molecule has 0 spiro atoms. The van der Waals surface area contributed by atoms with Crippen LogP contribution in [0.3, 0.4) is 0 Å². The van der Waals surface area contributed by atoms with Crippen LogP contribution >= 0.6 is 0 Å². The number of ether oxygens (including phenoxy) is 2. The van der Waals surface area contributed by atoms with Gasteiger partial charge in [-0.1, -0.05) is 71.4 Å². The predicted octanol–water partition coefficient (Wildman–Crippen LogP) is 1.10. The van der Waals surface area contributed by atoms with Crippen molar-refractivity contribution >= 4 is 23.6 Å². The fraction of sp³-hybridized carbons (Fsp3) is 0.730. The van der Waals surface area contributed by atoms with Crippen molar-refractivity contribution < 1.29 is 38.9 Å². The number of nitrogens with one attached hydrogen (secondary N) is 3. The summed E-state index contributed by atoms with van der Waals surface area (Å²) < 4.78 is 11.9. The lowest BCUT2D eigenvalue weighted by molar-refractivity contribution is -0.148. The summed E-state index contributed by atoms with van der Waals surface area (Å²) in [5, 5.41) is 28.6. The van der Waals surface area contributed by atoms with Gasteiger partial charge in [-0.05, 0) is 36.7 Å². The van der Waals surface area contributed by atoms with E-state index in [4.69, 9.17) is 9.47 Å².